The molecular formula is C54H34N4S. The Morgan fingerprint density at radius 2 is 1.19 bits per heavy atom. The lowest BCUT2D eigenvalue weighted by atomic mass is 9.77. The number of benzene rings is 8. The number of aromatic nitrogens is 3. The van der Waals surface area contributed by atoms with Crippen molar-refractivity contribution in [2.45, 2.75) is 12.0 Å². The van der Waals surface area contributed by atoms with Crippen LogP contribution in [0.25, 0.3) is 75.4 Å². The average Bonchev–Trinajstić information content (AvgIpc) is 3.96. The van der Waals surface area contributed by atoms with Crippen molar-refractivity contribution in [1.82, 2.24) is 14.5 Å². The van der Waals surface area contributed by atoms with Gasteiger partial charge in [0, 0.05) is 59.2 Å². The van der Waals surface area contributed by atoms with Gasteiger partial charge >= 0.3 is 0 Å². The summed E-state index contributed by atoms with van der Waals surface area (Å²) in [5.41, 5.74) is 14.1. The molecule has 0 bridgehead atoms. The van der Waals surface area contributed by atoms with Gasteiger partial charge in [0.25, 0.3) is 0 Å². The van der Waals surface area contributed by atoms with E-state index in [9.17, 15) is 0 Å². The highest BCUT2D eigenvalue weighted by molar-refractivity contribution is 7.26. The van der Waals surface area contributed by atoms with Crippen molar-refractivity contribution < 1.29 is 0 Å². The molecule has 3 aromatic heterocycles. The van der Waals surface area contributed by atoms with Gasteiger partial charge in [-0.05, 0) is 76.4 Å². The Kier molecular flexibility index (Phi) is 6.97. The average molecular weight is 771 g/mol. The predicted molar refractivity (Wildman–Crippen MR) is 246 cm³/mol. The second-order valence-corrected chi connectivity index (χ2v) is 16.7. The molecule has 4 heterocycles. The maximum absolute atomic E-state index is 5.60. The van der Waals surface area contributed by atoms with Crippen LogP contribution in [0.2, 0.25) is 0 Å². The van der Waals surface area contributed by atoms with Gasteiger partial charge in [0.1, 0.15) is 0 Å². The predicted octanol–water partition coefficient (Wildman–Crippen LogP) is 14.2. The molecule has 0 N–H and O–H groups in total. The maximum Gasteiger partial charge on any atom is 0.231 e. The Labute approximate surface area is 344 Å². The summed E-state index contributed by atoms with van der Waals surface area (Å²) in [4.78, 5) is 13.4. The summed E-state index contributed by atoms with van der Waals surface area (Å²) in [5, 5.41) is 6.11. The van der Waals surface area contributed by atoms with Gasteiger partial charge in [-0.25, -0.2) is 9.97 Å². The van der Waals surface area contributed by atoms with Crippen molar-refractivity contribution in [3.8, 4) is 16.9 Å². The van der Waals surface area contributed by atoms with Crippen LogP contribution in [0, 0.1) is 0 Å². The van der Waals surface area contributed by atoms with Crippen molar-refractivity contribution in [2.75, 3.05) is 4.90 Å². The summed E-state index contributed by atoms with van der Waals surface area (Å²) in [6.45, 7) is 0. The first-order valence-electron chi connectivity index (χ1n) is 20.2. The molecule has 0 fully saturated rings. The molecule has 13 rings (SSSR count). The molecule has 0 spiro atoms. The molecule has 1 aliphatic heterocycles. The second kappa shape index (κ2) is 12.6. The lowest BCUT2D eigenvalue weighted by molar-refractivity contribution is 0.654. The molecule has 0 amide bonds. The Hall–Kier alpha value is -7.34. The van der Waals surface area contributed by atoms with Crippen LogP contribution < -0.4 is 4.90 Å². The van der Waals surface area contributed by atoms with Crippen molar-refractivity contribution >= 4 is 81.4 Å². The number of hydrogen-bond acceptors (Lipinski definition) is 4. The van der Waals surface area contributed by atoms with Gasteiger partial charge in [0.2, 0.25) is 5.95 Å². The van der Waals surface area contributed by atoms with Gasteiger partial charge < -0.3 is 9.47 Å². The van der Waals surface area contributed by atoms with Gasteiger partial charge in [-0.3, -0.25) is 0 Å². The van der Waals surface area contributed by atoms with E-state index in [0.717, 1.165) is 33.8 Å². The van der Waals surface area contributed by atoms with E-state index in [4.69, 9.17) is 9.97 Å². The third kappa shape index (κ3) is 4.77. The van der Waals surface area contributed by atoms with Crippen LogP contribution in [0.5, 0.6) is 0 Å². The molecule has 276 valence electrons. The molecule has 2 aliphatic rings. The standard InChI is InChI=1S/C54H34N4S/c1-2-15-34(16-3-1)57-47-26-11-7-18-36(47)44-31-33(29-30-49(44)57)43-32-45-37-19-8-12-27-48(37)58(52(45)39-21-5-4-17-35(39)43)54-55-46-25-10-6-22-41(46)51(56-54)42-24-14-23-40-38-20-9-13-28-50(38)59-53(40)42/h1-32,45,52H. The largest absolute Gasteiger partial charge is 0.309 e. The van der Waals surface area contributed by atoms with Crippen molar-refractivity contribution in [3.63, 3.8) is 0 Å². The summed E-state index contributed by atoms with van der Waals surface area (Å²) in [6.07, 6.45) is 2.52. The Morgan fingerprint density at radius 1 is 0.492 bits per heavy atom. The third-order valence-electron chi connectivity index (χ3n) is 12.6. The number of thiophene rings is 1. The van der Waals surface area contributed by atoms with E-state index in [0.29, 0.717) is 0 Å². The lowest BCUT2D eigenvalue weighted by Crippen LogP contribution is -2.26. The Bertz CT molecular complexity index is 3540. The molecule has 2 atom stereocenters. The van der Waals surface area contributed by atoms with E-state index in [-0.39, 0.29) is 12.0 Å². The van der Waals surface area contributed by atoms with Crippen LogP contribution in [-0.2, 0) is 0 Å². The lowest BCUT2D eigenvalue weighted by Gasteiger charge is -2.34. The van der Waals surface area contributed by atoms with Gasteiger partial charge in [-0.15, -0.1) is 11.3 Å². The molecule has 0 radical (unpaired) electrons. The van der Waals surface area contributed by atoms with Crippen LogP contribution >= 0.6 is 11.3 Å². The van der Waals surface area contributed by atoms with Gasteiger partial charge in [-0.2, -0.15) is 0 Å². The highest BCUT2D eigenvalue weighted by Crippen LogP contribution is 2.57. The maximum atomic E-state index is 5.60. The minimum atomic E-state index is -0.0230. The number of para-hydroxylation sites is 4. The molecule has 59 heavy (non-hydrogen) atoms. The van der Waals surface area contributed by atoms with Gasteiger partial charge in [0.15, 0.2) is 0 Å². The fourth-order valence-corrected chi connectivity index (χ4v) is 11.3. The summed E-state index contributed by atoms with van der Waals surface area (Å²) in [7, 11) is 0. The first-order chi connectivity index (χ1) is 29.3. The first kappa shape index (κ1) is 32.7. The van der Waals surface area contributed by atoms with E-state index in [1.165, 1.54) is 75.5 Å². The number of nitrogens with zero attached hydrogens (tertiary/aromatic N) is 4. The Balaban J connectivity index is 1.01. The highest BCUT2D eigenvalue weighted by atomic mass is 32.1. The van der Waals surface area contributed by atoms with Crippen molar-refractivity contribution in [2.24, 2.45) is 0 Å². The minimum Gasteiger partial charge on any atom is -0.309 e. The normalized spacial score (nSPS) is 15.9. The third-order valence-corrected chi connectivity index (χ3v) is 13.8. The minimum absolute atomic E-state index is 0.0230. The zero-order chi connectivity index (χ0) is 38.6. The topological polar surface area (TPSA) is 34.0 Å². The van der Waals surface area contributed by atoms with Crippen molar-refractivity contribution in [1.29, 1.82) is 0 Å². The fourth-order valence-electron chi connectivity index (χ4n) is 10.0. The molecule has 5 heteroatoms. The van der Waals surface area contributed by atoms with Crippen molar-refractivity contribution in [3.05, 3.63) is 216 Å². The van der Waals surface area contributed by atoms with Crippen LogP contribution in [0.4, 0.5) is 11.6 Å². The molecule has 2 unspecified atom stereocenters. The molecular weight excluding hydrogens is 737 g/mol. The number of fused-ring (bicyclic) bond motifs is 12. The summed E-state index contributed by atoms with van der Waals surface area (Å²) >= 11 is 1.84. The van der Waals surface area contributed by atoms with E-state index < -0.39 is 0 Å². The molecule has 1 aliphatic carbocycles. The number of rotatable bonds is 4. The summed E-state index contributed by atoms with van der Waals surface area (Å²) in [5.74, 6) is 0.806. The van der Waals surface area contributed by atoms with Gasteiger partial charge in [-0.1, -0.05) is 146 Å². The van der Waals surface area contributed by atoms with Crippen LogP contribution in [-0.4, -0.2) is 14.5 Å². The SMILES string of the molecule is C1=C(c2ccc3c(c2)c2ccccc2n3-c2ccccc2)c2ccccc2C2C1c1ccccc1N2c1nc(-c2cccc3c2sc2ccccc23)c2ccccc2n1. The summed E-state index contributed by atoms with van der Waals surface area (Å²) in [6, 6.07) is 68.2. The zero-order valence-electron chi connectivity index (χ0n) is 31.8. The van der Waals surface area contributed by atoms with E-state index >= 15 is 0 Å². The molecule has 0 saturated carbocycles. The molecule has 8 aromatic carbocycles. The number of anilines is 2. The summed E-state index contributed by atoms with van der Waals surface area (Å²) < 4.78 is 4.92. The quantitative estimate of drug-likeness (QED) is 0.179. The zero-order valence-corrected chi connectivity index (χ0v) is 32.6. The molecule has 11 aromatic rings. The highest BCUT2D eigenvalue weighted by Gasteiger charge is 2.44. The second-order valence-electron chi connectivity index (χ2n) is 15.7. The van der Waals surface area contributed by atoms with E-state index in [2.05, 4.69) is 204 Å². The molecule has 4 nitrogen and oxygen atoms in total. The van der Waals surface area contributed by atoms with Crippen LogP contribution in [0.3, 0.4) is 0 Å². The van der Waals surface area contributed by atoms with Gasteiger partial charge in [0.05, 0.1) is 28.3 Å². The monoisotopic (exact) mass is 770 g/mol. The van der Waals surface area contributed by atoms with Crippen LogP contribution in [0.15, 0.2) is 194 Å². The fraction of sp³-hybridized carbons (Fsp3) is 0.0370. The smallest absolute Gasteiger partial charge is 0.231 e. The first-order valence-corrected chi connectivity index (χ1v) is 21.1. The van der Waals surface area contributed by atoms with E-state index in [1.54, 1.807) is 0 Å². The Morgan fingerprint density at radius 3 is 2.10 bits per heavy atom. The van der Waals surface area contributed by atoms with Crippen LogP contribution in [0.1, 0.15) is 34.2 Å². The van der Waals surface area contributed by atoms with E-state index in [1.807, 2.05) is 11.3 Å². The molecule has 0 saturated heterocycles. The number of hydrogen-bond donors (Lipinski definition) is 0.